The fourth-order valence-electron chi connectivity index (χ4n) is 2.07. The van der Waals surface area contributed by atoms with Crippen LogP contribution in [0.4, 0.5) is 5.82 Å². The summed E-state index contributed by atoms with van der Waals surface area (Å²) in [6.07, 6.45) is 1.73. The van der Waals surface area contributed by atoms with Gasteiger partial charge in [-0.05, 0) is 37.4 Å². The van der Waals surface area contributed by atoms with Gasteiger partial charge in [0.2, 0.25) is 5.89 Å². The number of aryl methyl sites for hydroxylation is 2. The first-order valence-electron chi connectivity index (χ1n) is 6.38. The summed E-state index contributed by atoms with van der Waals surface area (Å²) in [5, 5.41) is 14.7. The van der Waals surface area contributed by atoms with Gasteiger partial charge in [0.05, 0.1) is 12.2 Å². The number of fused-ring (bicyclic) bond motifs is 1. The number of rotatable bonds is 3. The van der Waals surface area contributed by atoms with Crippen LogP contribution in [0, 0.1) is 13.8 Å². The minimum Gasteiger partial charge on any atom is -0.508 e. The standard InChI is InChI=1S/C15H15N3O2/c1-9-10(2)20-14(18-9)8-17-15-13-7-12(19)4-3-11(13)5-6-16-15/h3-7,19H,8H2,1-2H3,(H,16,17). The first-order valence-corrected chi connectivity index (χ1v) is 6.38. The number of nitrogens with zero attached hydrogens (tertiary/aromatic N) is 2. The highest BCUT2D eigenvalue weighted by Crippen LogP contribution is 2.25. The molecule has 0 unspecified atom stereocenters. The molecule has 3 aromatic rings. The number of aromatic hydroxyl groups is 1. The van der Waals surface area contributed by atoms with Gasteiger partial charge in [0.15, 0.2) is 0 Å². The third kappa shape index (κ3) is 2.30. The molecule has 2 heterocycles. The smallest absolute Gasteiger partial charge is 0.213 e. The maximum absolute atomic E-state index is 9.59. The predicted octanol–water partition coefficient (Wildman–Crippen LogP) is 3.16. The van der Waals surface area contributed by atoms with Gasteiger partial charge in [-0.2, -0.15) is 0 Å². The molecule has 0 atom stereocenters. The molecule has 1 aromatic carbocycles. The van der Waals surface area contributed by atoms with Crippen LogP contribution in [-0.2, 0) is 6.54 Å². The molecule has 0 aliphatic rings. The van der Waals surface area contributed by atoms with Crippen molar-refractivity contribution in [1.82, 2.24) is 9.97 Å². The largest absolute Gasteiger partial charge is 0.508 e. The summed E-state index contributed by atoms with van der Waals surface area (Å²) < 4.78 is 5.52. The topological polar surface area (TPSA) is 71.2 Å². The third-order valence-electron chi connectivity index (χ3n) is 3.23. The number of nitrogens with one attached hydrogen (secondary N) is 1. The Morgan fingerprint density at radius 3 is 2.85 bits per heavy atom. The van der Waals surface area contributed by atoms with E-state index in [0.717, 1.165) is 22.2 Å². The van der Waals surface area contributed by atoms with Crippen LogP contribution in [0.5, 0.6) is 5.75 Å². The summed E-state index contributed by atoms with van der Waals surface area (Å²) in [4.78, 5) is 8.62. The Kier molecular flexibility index (Phi) is 3.02. The van der Waals surface area contributed by atoms with Gasteiger partial charge in [0, 0.05) is 11.6 Å². The highest BCUT2D eigenvalue weighted by atomic mass is 16.4. The first-order chi connectivity index (χ1) is 9.63. The second-order valence-electron chi connectivity index (χ2n) is 4.67. The normalized spacial score (nSPS) is 10.9. The quantitative estimate of drug-likeness (QED) is 0.764. The van der Waals surface area contributed by atoms with Crippen molar-refractivity contribution in [3.63, 3.8) is 0 Å². The van der Waals surface area contributed by atoms with E-state index in [1.54, 1.807) is 18.3 Å². The number of benzene rings is 1. The SMILES string of the molecule is Cc1nc(CNc2nccc3ccc(O)cc23)oc1C. The molecule has 102 valence electrons. The molecule has 20 heavy (non-hydrogen) atoms. The first kappa shape index (κ1) is 12.5. The zero-order chi connectivity index (χ0) is 14.1. The minimum atomic E-state index is 0.219. The van der Waals surface area contributed by atoms with Gasteiger partial charge >= 0.3 is 0 Å². The molecule has 0 spiro atoms. The molecule has 0 radical (unpaired) electrons. The van der Waals surface area contributed by atoms with Gasteiger partial charge in [-0.15, -0.1) is 0 Å². The van der Waals surface area contributed by atoms with Crippen molar-refractivity contribution >= 4 is 16.6 Å². The molecule has 2 aromatic heterocycles. The van der Waals surface area contributed by atoms with Crippen molar-refractivity contribution in [3.05, 3.63) is 47.8 Å². The number of anilines is 1. The van der Waals surface area contributed by atoms with E-state index < -0.39 is 0 Å². The number of phenols is 1. The average molecular weight is 269 g/mol. The number of aromatic nitrogens is 2. The number of hydrogen-bond donors (Lipinski definition) is 2. The lowest BCUT2D eigenvalue weighted by molar-refractivity contribution is 0.476. The van der Waals surface area contributed by atoms with Crippen LogP contribution in [0.15, 0.2) is 34.9 Å². The number of hydrogen-bond acceptors (Lipinski definition) is 5. The fourth-order valence-corrected chi connectivity index (χ4v) is 2.07. The van der Waals surface area contributed by atoms with E-state index in [-0.39, 0.29) is 5.75 Å². The summed E-state index contributed by atoms with van der Waals surface area (Å²) in [6.45, 7) is 4.26. The van der Waals surface area contributed by atoms with Crippen LogP contribution in [0.25, 0.3) is 10.8 Å². The summed E-state index contributed by atoms with van der Waals surface area (Å²) in [7, 11) is 0. The van der Waals surface area contributed by atoms with E-state index in [2.05, 4.69) is 15.3 Å². The van der Waals surface area contributed by atoms with E-state index in [4.69, 9.17) is 4.42 Å². The van der Waals surface area contributed by atoms with Gasteiger partial charge in [-0.1, -0.05) is 6.07 Å². The lowest BCUT2D eigenvalue weighted by Gasteiger charge is -2.07. The van der Waals surface area contributed by atoms with Gasteiger partial charge in [-0.25, -0.2) is 9.97 Å². The van der Waals surface area contributed by atoms with Crippen LogP contribution in [0.1, 0.15) is 17.3 Å². The second-order valence-corrected chi connectivity index (χ2v) is 4.67. The Morgan fingerprint density at radius 2 is 2.10 bits per heavy atom. The molecule has 0 saturated carbocycles. The lowest BCUT2D eigenvalue weighted by Crippen LogP contribution is -2.02. The van der Waals surface area contributed by atoms with E-state index >= 15 is 0 Å². The molecule has 2 N–H and O–H groups in total. The number of pyridine rings is 1. The fraction of sp³-hybridized carbons (Fsp3) is 0.200. The highest BCUT2D eigenvalue weighted by molar-refractivity contribution is 5.92. The van der Waals surface area contributed by atoms with Crippen molar-refractivity contribution in [2.45, 2.75) is 20.4 Å². The summed E-state index contributed by atoms with van der Waals surface area (Å²) >= 11 is 0. The molecule has 0 bridgehead atoms. The molecular weight excluding hydrogens is 254 g/mol. The van der Waals surface area contributed by atoms with Gasteiger partial charge < -0.3 is 14.8 Å². The molecule has 5 heteroatoms. The summed E-state index contributed by atoms with van der Waals surface area (Å²) in [6, 6.07) is 7.11. The van der Waals surface area contributed by atoms with Crippen LogP contribution >= 0.6 is 0 Å². The Morgan fingerprint density at radius 1 is 1.25 bits per heavy atom. The predicted molar refractivity (Wildman–Crippen MR) is 76.7 cm³/mol. The van der Waals surface area contributed by atoms with Crippen LogP contribution in [0.2, 0.25) is 0 Å². The minimum absolute atomic E-state index is 0.219. The van der Waals surface area contributed by atoms with Crippen molar-refractivity contribution in [3.8, 4) is 5.75 Å². The van der Waals surface area contributed by atoms with Crippen LogP contribution in [-0.4, -0.2) is 15.1 Å². The van der Waals surface area contributed by atoms with E-state index in [9.17, 15) is 5.11 Å². The van der Waals surface area contributed by atoms with Gasteiger partial charge in [0.1, 0.15) is 17.3 Å². The zero-order valence-corrected chi connectivity index (χ0v) is 11.3. The molecule has 0 amide bonds. The van der Waals surface area contributed by atoms with E-state index in [1.165, 1.54) is 0 Å². The van der Waals surface area contributed by atoms with Gasteiger partial charge in [-0.3, -0.25) is 0 Å². The molecule has 0 saturated heterocycles. The molecule has 0 fully saturated rings. The number of oxazole rings is 1. The Hall–Kier alpha value is -2.56. The second kappa shape index (κ2) is 4.85. The van der Waals surface area contributed by atoms with Crippen molar-refractivity contribution in [2.75, 3.05) is 5.32 Å². The third-order valence-corrected chi connectivity index (χ3v) is 3.23. The zero-order valence-electron chi connectivity index (χ0n) is 11.3. The van der Waals surface area contributed by atoms with Crippen molar-refractivity contribution < 1.29 is 9.52 Å². The average Bonchev–Trinajstić information content (AvgIpc) is 2.75. The Bertz CT molecular complexity index is 745. The van der Waals surface area contributed by atoms with Crippen LogP contribution < -0.4 is 5.32 Å². The molecule has 3 rings (SSSR count). The molecule has 5 nitrogen and oxygen atoms in total. The maximum atomic E-state index is 9.59. The lowest BCUT2D eigenvalue weighted by atomic mass is 10.1. The van der Waals surface area contributed by atoms with Crippen LogP contribution in [0.3, 0.4) is 0 Å². The van der Waals surface area contributed by atoms with Gasteiger partial charge in [0.25, 0.3) is 0 Å². The number of phenolic OH excluding ortho intramolecular Hbond substituents is 1. The monoisotopic (exact) mass is 269 g/mol. The molecule has 0 aliphatic heterocycles. The Balaban J connectivity index is 1.89. The highest BCUT2D eigenvalue weighted by Gasteiger charge is 2.07. The van der Waals surface area contributed by atoms with Crippen molar-refractivity contribution in [2.24, 2.45) is 0 Å². The summed E-state index contributed by atoms with van der Waals surface area (Å²) in [5.74, 6) is 2.37. The summed E-state index contributed by atoms with van der Waals surface area (Å²) in [5.41, 5.74) is 0.894. The van der Waals surface area contributed by atoms with E-state index in [0.29, 0.717) is 18.3 Å². The van der Waals surface area contributed by atoms with Crippen molar-refractivity contribution in [1.29, 1.82) is 0 Å². The maximum Gasteiger partial charge on any atom is 0.213 e. The molecular formula is C15H15N3O2. The molecule has 0 aliphatic carbocycles. The van der Waals surface area contributed by atoms with E-state index in [1.807, 2.05) is 26.0 Å². The Labute approximate surface area is 116 Å².